The van der Waals surface area contributed by atoms with E-state index >= 15 is 0 Å². The van der Waals surface area contributed by atoms with Gasteiger partial charge in [-0.15, -0.1) is 0 Å². The fourth-order valence-corrected chi connectivity index (χ4v) is 9.80. The van der Waals surface area contributed by atoms with Gasteiger partial charge in [-0.25, -0.2) is 0 Å². The average Bonchev–Trinajstić information content (AvgIpc) is 3.40. The summed E-state index contributed by atoms with van der Waals surface area (Å²) in [6, 6.07) is -0.896. The lowest BCUT2D eigenvalue weighted by atomic mass is 10.0. The third kappa shape index (κ3) is 57.9. The van der Waals surface area contributed by atoms with Gasteiger partial charge in [0, 0.05) is 12.8 Å². The topological polar surface area (TPSA) is 114 Å². The van der Waals surface area contributed by atoms with Gasteiger partial charge in [-0.3, -0.25) is 14.2 Å². The van der Waals surface area contributed by atoms with Gasteiger partial charge in [-0.05, 0) is 102 Å². The predicted molar refractivity (Wildman–Crippen MR) is 335 cm³/mol. The smallest absolute Gasteiger partial charge is 0.306 e. The van der Waals surface area contributed by atoms with Crippen molar-refractivity contribution >= 4 is 19.7 Å². The van der Waals surface area contributed by atoms with Crippen LogP contribution in [0.25, 0.3) is 0 Å². The summed E-state index contributed by atoms with van der Waals surface area (Å²) in [5, 5.41) is 3.03. The highest BCUT2D eigenvalue weighted by Gasteiger charge is 2.27. The number of amides is 1. The molecule has 0 aromatic rings. The summed E-state index contributed by atoms with van der Waals surface area (Å²) in [6.45, 7) is 6.70. The van der Waals surface area contributed by atoms with Crippen molar-refractivity contribution in [3.63, 3.8) is 0 Å². The summed E-state index contributed by atoms with van der Waals surface area (Å²) in [5.41, 5.74) is 0. The molecule has 452 valence electrons. The summed E-state index contributed by atoms with van der Waals surface area (Å²) in [7, 11) is 1.17. The Morgan fingerprint density at radius 2 is 0.821 bits per heavy atom. The number of hydrogen-bond acceptors (Lipinski definition) is 7. The summed E-state index contributed by atoms with van der Waals surface area (Å²) in [5.74, 6) is -0.554. The Hall–Kier alpha value is -2.81. The monoisotopic (exact) mass is 1110 g/mol. The Morgan fingerprint density at radius 3 is 1.26 bits per heavy atom. The van der Waals surface area contributed by atoms with Crippen LogP contribution in [0.4, 0.5) is 0 Å². The Bertz CT molecular complexity index is 1610. The Morgan fingerprint density at radius 1 is 0.462 bits per heavy atom. The van der Waals surface area contributed by atoms with Crippen LogP contribution in [0.3, 0.4) is 0 Å². The van der Waals surface area contributed by atoms with Gasteiger partial charge in [0.05, 0.1) is 33.8 Å². The number of quaternary nitrogens is 1. The zero-order valence-electron chi connectivity index (χ0n) is 51.6. The molecule has 1 N–H and O–H groups in total. The molecule has 0 heterocycles. The van der Waals surface area contributed by atoms with Gasteiger partial charge in [0.2, 0.25) is 5.91 Å². The second-order valence-electron chi connectivity index (χ2n) is 22.9. The molecule has 0 saturated carbocycles. The molecule has 0 rings (SSSR count). The molecule has 0 aliphatic rings. The van der Waals surface area contributed by atoms with E-state index in [4.69, 9.17) is 13.8 Å². The molecule has 0 saturated heterocycles. The molecule has 0 aliphatic heterocycles. The molecule has 0 fully saturated rings. The maximum Gasteiger partial charge on any atom is 0.306 e. The van der Waals surface area contributed by atoms with Gasteiger partial charge in [-0.1, -0.05) is 254 Å². The first-order valence-electron chi connectivity index (χ1n) is 32.4. The van der Waals surface area contributed by atoms with Crippen LogP contribution >= 0.6 is 7.82 Å². The van der Waals surface area contributed by atoms with Crippen molar-refractivity contribution in [3.8, 4) is 0 Å². The highest BCUT2D eigenvalue weighted by atomic mass is 31.2. The maximum absolute atomic E-state index is 13.5. The molecular weight excluding hydrogens is 988 g/mol. The number of phosphoric acid groups is 1. The quantitative estimate of drug-likeness (QED) is 0.0212. The summed E-state index contributed by atoms with van der Waals surface area (Å²) < 4.78 is 30.3. The first-order chi connectivity index (χ1) is 37.9. The number of allylic oxidation sites excluding steroid dienone is 13. The molecule has 0 aromatic heterocycles. The number of unbranched alkanes of at least 4 members (excludes halogenated alkanes) is 30. The zero-order valence-corrected chi connectivity index (χ0v) is 52.5. The molecule has 10 heteroatoms. The van der Waals surface area contributed by atoms with E-state index in [2.05, 4.69) is 99.0 Å². The van der Waals surface area contributed by atoms with E-state index in [1.807, 2.05) is 33.3 Å². The number of hydrogen-bond donors (Lipinski definition) is 1. The molecule has 3 atom stereocenters. The second kappa shape index (κ2) is 57.4. The SMILES string of the molecule is CC/C=C/C/C=C/CCCCCCCCCC(=O)OC(/C=C\CCCCCCCCCCC)C(COP(=O)([O-])OCC[N+](C)(C)C)NC(=O)CCCCCCCCCCCCC/C=C\C/C=C\C/C=C\C/C=C\CCCCC. The van der Waals surface area contributed by atoms with Gasteiger partial charge < -0.3 is 28.5 Å². The van der Waals surface area contributed by atoms with Crippen LogP contribution in [-0.4, -0.2) is 69.4 Å². The van der Waals surface area contributed by atoms with Crippen molar-refractivity contribution in [2.45, 2.75) is 296 Å². The summed E-state index contributed by atoms with van der Waals surface area (Å²) in [6.07, 6.45) is 75.6. The van der Waals surface area contributed by atoms with Gasteiger partial charge in [0.15, 0.2) is 0 Å². The molecule has 1 amide bonds. The lowest BCUT2D eigenvalue weighted by Crippen LogP contribution is -2.47. The molecule has 78 heavy (non-hydrogen) atoms. The average molecular weight is 1110 g/mol. The number of carbonyl (C=O) groups is 2. The van der Waals surface area contributed by atoms with Gasteiger partial charge in [0.1, 0.15) is 19.3 Å². The molecular formula is C68H123N2O7P. The van der Waals surface area contributed by atoms with Crippen molar-refractivity contribution in [1.82, 2.24) is 5.32 Å². The van der Waals surface area contributed by atoms with Crippen molar-refractivity contribution < 1.29 is 37.3 Å². The molecule has 9 nitrogen and oxygen atoms in total. The van der Waals surface area contributed by atoms with Crippen LogP contribution in [0.15, 0.2) is 85.1 Å². The largest absolute Gasteiger partial charge is 0.756 e. The van der Waals surface area contributed by atoms with E-state index in [0.29, 0.717) is 17.4 Å². The van der Waals surface area contributed by atoms with Crippen LogP contribution in [0, 0.1) is 0 Å². The normalized spacial score (nSPS) is 14.2. The minimum Gasteiger partial charge on any atom is -0.756 e. The zero-order chi connectivity index (χ0) is 57.2. The number of phosphoric ester groups is 1. The fraction of sp³-hybridized carbons (Fsp3) is 0.765. The predicted octanol–water partition coefficient (Wildman–Crippen LogP) is 19.5. The number of nitrogens with zero attached hydrogens (tertiary/aromatic N) is 1. The third-order valence-electron chi connectivity index (χ3n) is 14.1. The van der Waals surface area contributed by atoms with Crippen LogP contribution in [-0.2, 0) is 27.9 Å². The van der Waals surface area contributed by atoms with Crippen LogP contribution in [0.1, 0.15) is 284 Å². The lowest BCUT2D eigenvalue weighted by molar-refractivity contribution is -0.870. The number of ether oxygens (including phenoxy) is 1. The van der Waals surface area contributed by atoms with E-state index in [1.165, 1.54) is 141 Å². The molecule has 0 spiro atoms. The van der Waals surface area contributed by atoms with E-state index in [1.54, 1.807) is 0 Å². The Labute approximate surface area is 482 Å². The van der Waals surface area contributed by atoms with Crippen molar-refractivity contribution in [1.29, 1.82) is 0 Å². The van der Waals surface area contributed by atoms with Crippen LogP contribution < -0.4 is 10.2 Å². The fourth-order valence-electron chi connectivity index (χ4n) is 9.07. The second-order valence-corrected chi connectivity index (χ2v) is 24.3. The summed E-state index contributed by atoms with van der Waals surface area (Å²) in [4.78, 5) is 40.0. The van der Waals surface area contributed by atoms with E-state index < -0.39 is 26.6 Å². The van der Waals surface area contributed by atoms with Gasteiger partial charge in [-0.2, -0.15) is 0 Å². The third-order valence-corrected chi connectivity index (χ3v) is 15.0. The lowest BCUT2D eigenvalue weighted by Gasteiger charge is -2.30. The van der Waals surface area contributed by atoms with Gasteiger partial charge >= 0.3 is 5.97 Å². The minimum absolute atomic E-state index is 0.0271. The molecule has 3 unspecified atom stereocenters. The Kier molecular flexibility index (Phi) is 55.4. The van der Waals surface area contributed by atoms with Crippen molar-refractivity contribution in [3.05, 3.63) is 85.1 Å². The first kappa shape index (κ1) is 75.2. The Balaban J connectivity index is 5.05. The van der Waals surface area contributed by atoms with E-state index in [-0.39, 0.29) is 24.9 Å². The molecule has 0 bridgehead atoms. The first-order valence-corrected chi connectivity index (χ1v) is 33.9. The minimum atomic E-state index is -4.70. The van der Waals surface area contributed by atoms with Crippen LogP contribution in [0.5, 0.6) is 0 Å². The standard InChI is InChI=1S/C68H123N2O7P/c1-7-10-13-16-19-22-25-27-29-30-31-32-33-34-35-36-37-38-39-40-41-42-45-48-51-54-57-60-67(71)69-65(64-76-78(73,74)75-63-62-70(4,5)6)66(59-56-53-50-47-44-24-21-18-15-12-9-3)77-68(72)61-58-55-52-49-46-43-28-26-23-20-17-14-11-8-2/h11,14,19-20,22-23,27,29,31-32,34-35,56,59,65-66H,7-10,12-13,15-18,21,24-26,28,30,33,36-55,57-58,60-64H2,1-6H3,(H-,69,71,73,74)/b14-11+,22-19-,23-20+,29-27-,32-31-,35-34-,59-56-. The highest BCUT2D eigenvalue weighted by Crippen LogP contribution is 2.38. The molecule has 0 aromatic carbocycles. The van der Waals surface area contributed by atoms with Crippen molar-refractivity contribution in [2.24, 2.45) is 0 Å². The van der Waals surface area contributed by atoms with Crippen LogP contribution in [0.2, 0.25) is 0 Å². The highest BCUT2D eigenvalue weighted by molar-refractivity contribution is 7.45. The number of likely N-dealkylation sites (N-methyl/N-ethyl adjacent to an activating group) is 1. The number of rotatable bonds is 58. The number of nitrogens with one attached hydrogen (secondary N) is 1. The van der Waals surface area contributed by atoms with E-state index in [9.17, 15) is 19.0 Å². The molecule has 0 radical (unpaired) electrons. The van der Waals surface area contributed by atoms with E-state index in [0.717, 1.165) is 109 Å². The maximum atomic E-state index is 13.5. The van der Waals surface area contributed by atoms with Gasteiger partial charge in [0.25, 0.3) is 7.82 Å². The van der Waals surface area contributed by atoms with Crippen molar-refractivity contribution in [2.75, 3.05) is 40.9 Å². The number of esters is 1. The summed E-state index contributed by atoms with van der Waals surface area (Å²) >= 11 is 0. The molecule has 0 aliphatic carbocycles. The number of carbonyl (C=O) groups excluding carboxylic acids is 2.